The number of carbonyl (C=O) groups is 1. The average Bonchev–Trinajstić information content (AvgIpc) is 2.43. The minimum atomic E-state index is 0.154. The molecule has 1 amide bonds. The Labute approximate surface area is 127 Å². The summed E-state index contributed by atoms with van der Waals surface area (Å²) in [6.07, 6.45) is 2.12. The first-order chi connectivity index (χ1) is 9.40. The van der Waals surface area contributed by atoms with Crippen LogP contribution >= 0.6 is 11.6 Å². The van der Waals surface area contributed by atoms with Crippen molar-refractivity contribution in [2.45, 2.75) is 39.2 Å². The molecule has 0 saturated carbocycles. The summed E-state index contributed by atoms with van der Waals surface area (Å²) in [4.78, 5) is 13.8. The fourth-order valence-corrected chi connectivity index (χ4v) is 2.02. The van der Waals surface area contributed by atoms with E-state index in [2.05, 4.69) is 13.8 Å². The molecule has 20 heavy (non-hydrogen) atoms. The van der Waals surface area contributed by atoms with Gasteiger partial charge in [0.15, 0.2) is 0 Å². The van der Waals surface area contributed by atoms with Crippen LogP contribution in [0, 0.1) is 5.92 Å². The Morgan fingerprint density at radius 2 is 1.90 bits per heavy atom. The van der Waals surface area contributed by atoms with Gasteiger partial charge in [-0.15, -0.1) is 0 Å². The first-order valence-corrected chi connectivity index (χ1v) is 7.52. The van der Waals surface area contributed by atoms with Crippen LogP contribution in [0.25, 0.3) is 0 Å². The highest BCUT2D eigenvalue weighted by Gasteiger charge is 2.12. The van der Waals surface area contributed by atoms with Crippen molar-refractivity contribution in [2.24, 2.45) is 11.7 Å². The van der Waals surface area contributed by atoms with E-state index in [4.69, 9.17) is 17.3 Å². The van der Waals surface area contributed by atoms with Crippen LogP contribution in [-0.2, 0) is 11.2 Å². The van der Waals surface area contributed by atoms with Crippen LogP contribution in [0.4, 0.5) is 0 Å². The Balaban J connectivity index is 2.33. The van der Waals surface area contributed by atoms with E-state index in [-0.39, 0.29) is 11.9 Å². The lowest BCUT2D eigenvalue weighted by molar-refractivity contribution is -0.129. The maximum atomic E-state index is 12.0. The van der Waals surface area contributed by atoms with E-state index in [1.807, 2.05) is 31.3 Å². The molecule has 112 valence electrons. The number of amides is 1. The van der Waals surface area contributed by atoms with Gasteiger partial charge in [0.05, 0.1) is 0 Å². The first-order valence-electron chi connectivity index (χ1n) is 7.14. The van der Waals surface area contributed by atoms with Gasteiger partial charge in [0.2, 0.25) is 5.91 Å². The van der Waals surface area contributed by atoms with Gasteiger partial charge in [0.25, 0.3) is 0 Å². The third-order valence-electron chi connectivity index (χ3n) is 3.62. The topological polar surface area (TPSA) is 46.3 Å². The lowest BCUT2D eigenvalue weighted by Gasteiger charge is -2.21. The smallest absolute Gasteiger partial charge is 0.222 e. The van der Waals surface area contributed by atoms with Gasteiger partial charge < -0.3 is 10.6 Å². The predicted molar refractivity (Wildman–Crippen MR) is 84.8 cm³/mol. The lowest BCUT2D eigenvalue weighted by Crippen LogP contribution is -2.34. The Hall–Kier alpha value is -1.06. The number of nitrogens with zero attached hydrogens (tertiary/aromatic N) is 1. The van der Waals surface area contributed by atoms with Crippen molar-refractivity contribution >= 4 is 17.5 Å². The highest BCUT2D eigenvalue weighted by Crippen LogP contribution is 2.11. The maximum absolute atomic E-state index is 12.0. The Kier molecular flexibility index (Phi) is 7.03. The summed E-state index contributed by atoms with van der Waals surface area (Å²) < 4.78 is 0. The van der Waals surface area contributed by atoms with Gasteiger partial charge in [0, 0.05) is 31.1 Å². The Bertz CT molecular complexity index is 417. The normalized spacial score (nSPS) is 12.5. The van der Waals surface area contributed by atoms with E-state index < -0.39 is 0 Å². The van der Waals surface area contributed by atoms with Crippen LogP contribution in [0.2, 0.25) is 5.02 Å². The van der Waals surface area contributed by atoms with Gasteiger partial charge in [-0.05, 0) is 36.5 Å². The molecule has 1 unspecified atom stereocenters. The molecule has 0 heterocycles. The predicted octanol–water partition coefficient (Wildman–Crippen LogP) is 3.10. The minimum Gasteiger partial charge on any atom is -0.346 e. The minimum absolute atomic E-state index is 0.154. The molecule has 4 heteroatoms. The van der Waals surface area contributed by atoms with Gasteiger partial charge in [-0.1, -0.05) is 37.6 Å². The van der Waals surface area contributed by atoms with Gasteiger partial charge in [-0.25, -0.2) is 0 Å². The second-order valence-electron chi connectivity index (χ2n) is 5.64. The molecule has 1 rings (SSSR count). The first kappa shape index (κ1) is 17.0. The van der Waals surface area contributed by atoms with Crippen molar-refractivity contribution in [3.05, 3.63) is 34.9 Å². The molecular formula is C16H25ClN2O. The number of rotatable bonds is 7. The molecule has 1 atom stereocenters. The number of benzene rings is 1. The SMILES string of the molecule is CC(C)C(N)CCN(C)C(=O)CCc1ccc(Cl)cc1. The molecule has 2 N–H and O–H groups in total. The lowest BCUT2D eigenvalue weighted by atomic mass is 10.0. The molecule has 1 aromatic carbocycles. The van der Waals surface area contributed by atoms with Crippen molar-refractivity contribution in [1.29, 1.82) is 0 Å². The van der Waals surface area contributed by atoms with Crippen molar-refractivity contribution < 1.29 is 4.79 Å². The van der Waals surface area contributed by atoms with Gasteiger partial charge in [-0.2, -0.15) is 0 Å². The molecule has 0 spiro atoms. The monoisotopic (exact) mass is 296 g/mol. The number of aryl methyl sites for hydroxylation is 1. The number of halogens is 1. The summed E-state index contributed by atoms with van der Waals surface area (Å²) >= 11 is 5.83. The number of carbonyl (C=O) groups excluding carboxylic acids is 1. The van der Waals surface area contributed by atoms with Gasteiger partial charge in [0.1, 0.15) is 0 Å². The van der Waals surface area contributed by atoms with E-state index >= 15 is 0 Å². The average molecular weight is 297 g/mol. The van der Waals surface area contributed by atoms with Crippen LogP contribution in [0.5, 0.6) is 0 Å². The standard InChI is InChI=1S/C16H25ClN2O/c1-12(2)15(18)10-11-19(3)16(20)9-6-13-4-7-14(17)8-5-13/h4-5,7-8,12,15H,6,9-11,18H2,1-3H3. The second kappa shape index (κ2) is 8.28. The molecule has 0 aromatic heterocycles. The van der Waals surface area contributed by atoms with E-state index in [1.165, 1.54) is 0 Å². The highest BCUT2D eigenvalue weighted by molar-refractivity contribution is 6.30. The fourth-order valence-electron chi connectivity index (χ4n) is 1.89. The molecular weight excluding hydrogens is 272 g/mol. The van der Waals surface area contributed by atoms with Crippen molar-refractivity contribution in [2.75, 3.05) is 13.6 Å². The van der Waals surface area contributed by atoms with Crippen molar-refractivity contribution in [3.63, 3.8) is 0 Å². The quantitative estimate of drug-likeness (QED) is 0.840. The number of nitrogens with two attached hydrogens (primary N) is 1. The Morgan fingerprint density at radius 3 is 2.45 bits per heavy atom. The molecule has 0 bridgehead atoms. The summed E-state index contributed by atoms with van der Waals surface area (Å²) in [6.45, 7) is 4.93. The number of hydrogen-bond donors (Lipinski definition) is 1. The fraction of sp³-hybridized carbons (Fsp3) is 0.562. The molecule has 1 aromatic rings. The highest BCUT2D eigenvalue weighted by atomic mass is 35.5. The summed E-state index contributed by atoms with van der Waals surface area (Å²) in [6, 6.07) is 7.79. The third kappa shape index (κ3) is 5.93. The van der Waals surface area contributed by atoms with Gasteiger partial charge >= 0.3 is 0 Å². The van der Waals surface area contributed by atoms with E-state index in [9.17, 15) is 4.79 Å². The van der Waals surface area contributed by atoms with Crippen LogP contribution in [0.15, 0.2) is 24.3 Å². The summed E-state index contributed by atoms with van der Waals surface area (Å²) in [5.74, 6) is 0.614. The largest absolute Gasteiger partial charge is 0.346 e. The van der Waals surface area contributed by atoms with E-state index in [0.29, 0.717) is 12.3 Å². The molecule has 0 aliphatic carbocycles. The van der Waals surface area contributed by atoms with Crippen LogP contribution in [0.1, 0.15) is 32.3 Å². The van der Waals surface area contributed by atoms with Crippen molar-refractivity contribution in [3.8, 4) is 0 Å². The zero-order chi connectivity index (χ0) is 15.1. The van der Waals surface area contributed by atoms with Crippen LogP contribution in [0.3, 0.4) is 0 Å². The zero-order valence-electron chi connectivity index (χ0n) is 12.6. The van der Waals surface area contributed by atoms with E-state index in [0.717, 1.165) is 30.0 Å². The second-order valence-corrected chi connectivity index (χ2v) is 6.07. The summed E-state index contributed by atoms with van der Waals surface area (Å²) in [7, 11) is 1.84. The summed E-state index contributed by atoms with van der Waals surface area (Å²) in [5, 5.41) is 0.722. The summed E-state index contributed by atoms with van der Waals surface area (Å²) in [5.41, 5.74) is 7.13. The molecule has 0 aliphatic heterocycles. The Morgan fingerprint density at radius 1 is 1.30 bits per heavy atom. The van der Waals surface area contributed by atoms with Crippen LogP contribution in [-0.4, -0.2) is 30.4 Å². The molecule has 0 radical (unpaired) electrons. The number of hydrogen-bond acceptors (Lipinski definition) is 2. The maximum Gasteiger partial charge on any atom is 0.222 e. The molecule has 0 fully saturated rings. The molecule has 3 nitrogen and oxygen atoms in total. The van der Waals surface area contributed by atoms with Crippen molar-refractivity contribution in [1.82, 2.24) is 4.90 Å². The molecule has 0 aliphatic rings. The van der Waals surface area contributed by atoms with Gasteiger partial charge in [-0.3, -0.25) is 4.79 Å². The molecule has 0 saturated heterocycles. The third-order valence-corrected chi connectivity index (χ3v) is 3.87. The van der Waals surface area contributed by atoms with Crippen LogP contribution < -0.4 is 5.73 Å². The van der Waals surface area contributed by atoms with E-state index in [1.54, 1.807) is 4.90 Å². The zero-order valence-corrected chi connectivity index (χ0v) is 13.4.